The van der Waals surface area contributed by atoms with Gasteiger partial charge in [0.25, 0.3) is 0 Å². The van der Waals surface area contributed by atoms with E-state index in [4.69, 9.17) is 16.3 Å². The van der Waals surface area contributed by atoms with Crippen molar-refractivity contribution >= 4 is 34.8 Å². The Morgan fingerprint density at radius 3 is 2.35 bits per heavy atom. The zero-order valence-electron chi connectivity index (χ0n) is 15.4. The smallest absolute Gasteiger partial charge is 0.226 e. The van der Waals surface area contributed by atoms with Gasteiger partial charge in [-0.1, -0.05) is 29.8 Å². The van der Waals surface area contributed by atoms with Gasteiger partial charge in [0, 0.05) is 31.3 Å². The molecule has 0 unspecified atom stereocenters. The van der Waals surface area contributed by atoms with Crippen molar-refractivity contribution < 1.29 is 14.3 Å². The van der Waals surface area contributed by atoms with E-state index in [0.29, 0.717) is 23.0 Å². The predicted octanol–water partition coefficient (Wildman–Crippen LogP) is 4.35. The van der Waals surface area contributed by atoms with E-state index in [1.54, 1.807) is 23.1 Å². The third kappa shape index (κ3) is 4.76. The summed E-state index contributed by atoms with van der Waals surface area (Å²) in [6, 6.07) is 10.9. The van der Waals surface area contributed by atoms with E-state index in [0.717, 1.165) is 16.8 Å². The molecule has 0 aliphatic carbocycles. The lowest BCUT2D eigenvalue weighted by Gasteiger charge is -2.25. The Bertz CT molecular complexity index is 800. The number of anilines is 2. The Morgan fingerprint density at radius 2 is 1.81 bits per heavy atom. The lowest BCUT2D eigenvalue weighted by molar-refractivity contribution is -0.117. The van der Waals surface area contributed by atoms with E-state index in [2.05, 4.69) is 5.32 Å². The second-order valence-electron chi connectivity index (χ2n) is 6.06. The summed E-state index contributed by atoms with van der Waals surface area (Å²) in [5, 5.41) is 3.21. The number of amides is 2. The van der Waals surface area contributed by atoms with Crippen LogP contribution in [0.1, 0.15) is 24.5 Å². The summed E-state index contributed by atoms with van der Waals surface area (Å²) >= 11 is 6.07. The van der Waals surface area contributed by atoms with E-state index in [-0.39, 0.29) is 18.2 Å². The highest BCUT2D eigenvalue weighted by molar-refractivity contribution is 6.32. The molecule has 0 aliphatic heterocycles. The summed E-state index contributed by atoms with van der Waals surface area (Å²) in [6.45, 7) is 5.72. The topological polar surface area (TPSA) is 58.6 Å². The van der Waals surface area contributed by atoms with Crippen molar-refractivity contribution in [3.05, 3.63) is 52.5 Å². The van der Waals surface area contributed by atoms with Crippen molar-refractivity contribution in [1.82, 2.24) is 0 Å². The Balaban J connectivity index is 2.06. The number of benzene rings is 2. The van der Waals surface area contributed by atoms with Crippen molar-refractivity contribution in [3.63, 3.8) is 0 Å². The van der Waals surface area contributed by atoms with Crippen LogP contribution in [0.2, 0.25) is 5.02 Å². The maximum absolute atomic E-state index is 12.3. The molecule has 0 aromatic heterocycles. The number of para-hydroxylation sites is 1. The van der Waals surface area contributed by atoms with Gasteiger partial charge in [0.05, 0.1) is 12.1 Å². The molecule has 5 nitrogen and oxygen atoms in total. The van der Waals surface area contributed by atoms with Crippen LogP contribution in [0, 0.1) is 13.8 Å². The molecular weight excluding hydrogens is 352 g/mol. The SMILES string of the molecule is COc1ccc(NC(=O)CCN(C(C)=O)c2c(C)cccc2C)cc1Cl. The molecule has 0 bridgehead atoms. The molecule has 0 saturated carbocycles. The van der Waals surface area contributed by atoms with E-state index in [1.807, 2.05) is 32.0 Å². The number of aryl methyl sites for hydroxylation is 2. The number of nitrogens with zero attached hydrogens (tertiary/aromatic N) is 1. The first kappa shape index (κ1) is 19.8. The summed E-state index contributed by atoms with van der Waals surface area (Å²) in [5.74, 6) is 0.258. The van der Waals surface area contributed by atoms with Crippen LogP contribution in [0.4, 0.5) is 11.4 Å². The minimum Gasteiger partial charge on any atom is -0.495 e. The molecule has 0 radical (unpaired) electrons. The van der Waals surface area contributed by atoms with E-state index < -0.39 is 0 Å². The fraction of sp³-hybridized carbons (Fsp3) is 0.300. The standard InChI is InChI=1S/C20H23ClN2O3/c1-13-6-5-7-14(2)20(13)23(15(3)24)11-10-19(25)22-16-8-9-18(26-4)17(21)12-16/h5-9,12H,10-11H2,1-4H3,(H,22,25). The monoisotopic (exact) mass is 374 g/mol. The molecule has 0 heterocycles. The van der Waals surface area contributed by atoms with Crippen LogP contribution in [0.25, 0.3) is 0 Å². The summed E-state index contributed by atoms with van der Waals surface area (Å²) in [6.07, 6.45) is 0.178. The predicted molar refractivity (Wildman–Crippen MR) is 105 cm³/mol. The van der Waals surface area contributed by atoms with Crippen LogP contribution < -0.4 is 15.0 Å². The van der Waals surface area contributed by atoms with Gasteiger partial charge in [-0.3, -0.25) is 9.59 Å². The van der Waals surface area contributed by atoms with Gasteiger partial charge < -0.3 is 15.0 Å². The first-order valence-corrected chi connectivity index (χ1v) is 8.69. The van der Waals surface area contributed by atoms with Gasteiger partial charge in [-0.2, -0.15) is 0 Å². The normalized spacial score (nSPS) is 10.3. The van der Waals surface area contributed by atoms with Gasteiger partial charge >= 0.3 is 0 Å². The minimum atomic E-state index is -0.191. The molecule has 138 valence electrons. The summed E-state index contributed by atoms with van der Waals surface area (Å²) in [4.78, 5) is 26.0. The van der Waals surface area contributed by atoms with Gasteiger partial charge in [-0.25, -0.2) is 0 Å². The molecule has 0 fully saturated rings. The lowest BCUT2D eigenvalue weighted by atomic mass is 10.1. The maximum Gasteiger partial charge on any atom is 0.226 e. The Hall–Kier alpha value is -2.53. The molecule has 0 saturated heterocycles. The summed E-state index contributed by atoms with van der Waals surface area (Å²) in [7, 11) is 1.53. The summed E-state index contributed by atoms with van der Waals surface area (Å²) < 4.78 is 5.09. The number of nitrogens with one attached hydrogen (secondary N) is 1. The highest BCUT2D eigenvalue weighted by Gasteiger charge is 2.17. The lowest BCUT2D eigenvalue weighted by Crippen LogP contribution is -2.33. The van der Waals surface area contributed by atoms with Crippen molar-refractivity contribution in [1.29, 1.82) is 0 Å². The molecule has 1 N–H and O–H groups in total. The molecule has 2 amide bonds. The number of carbonyl (C=O) groups is 2. The van der Waals surface area contributed by atoms with E-state index in [9.17, 15) is 9.59 Å². The second kappa shape index (κ2) is 8.72. The van der Waals surface area contributed by atoms with Crippen molar-refractivity contribution in [2.45, 2.75) is 27.2 Å². The Labute approximate surface area is 158 Å². The second-order valence-corrected chi connectivity index (χ2v) is 6.47. The van der Waals surface area contributed by atoms with Crippen LogP contribution in [-0.2, 0) is 9.59 Å². The van der Waals surface area contributed by atoms with Crippen LogP contribution >= 0.6 is 11.6 Å². The number of ether oxygens (including phenoxy) is 1. The van der Waals surface area contributed by atoms with E-state index in [1.165, 1.54) is 14.0 Å². The van der Waals surface area contributed by atoms with Gasteiger partial charge in [0.1, 0.15) is 5.75 Å². The largest absolute Gasteiger partial charge is 0.495 e. The number of hydrogen-bond donors (Lipinski definition) is 1. The maximum atomic E-state index is 12.3. The van der Waals surface area contributed by atoms with E-state index >= 15 is 0 Å². The molecule has 2 aromatic rings. The van der Waals surface area contributed by atoms with Crippen molar-refractivity contribution in [3.8, 4) is 5.75 Å². The number of halogens is 1. The van der Waals surface area contributed by atoms with Gasteiger partial charge in [-0.05, 0) is 43.2 Å². The Kier molecular flexibility index (Phi) is 6.64. The first-order chi connectivity index (χ1) is 12.3. The molecule has 26 heavy (non-hydrogen) atoms. The number of rotatable bonds is 6. The Morgan fingerprint density at radius 1 is 1.15 bits per heavy atom. The average molecular weight is 375 g/mol. The van der Waals surface area contributed by atoms with Gasteiger partial charge in [0.2, 0.25) is 11.8 Å². The minimum absolute atomic E-state index is 0.0947. The quantitative estimate of drug-likeness (QED) is 0.817. The molecule has 2 rings (SSSR count). The molecule has 0 spiro atoms. The van der Waals surface area contributed by atoms with Crippen LogP contribution in [0.3, 0.4) is 0 Å². The van der Waals surface area contributed by atoms with Crippen LogP contribution in [0.15, 0.2) is 36.4 Å². The number of carbonyl (C=O) groups excluding carboxylic acids is 2. The third-order valence-corrected chi connectivity index (χ3v) is 4.38. The summed E-state index contributed by atoms with van der Waals surface area (Å²) in [5.41, 5.74) is 3.45. The third-order valence-electron chi connectivity index (χ3n) is 4.09. The molecular formula is C20H23ClN2O3. The van der Waals surface area contributed by atoms with Crippen LogP contribution in [-0.4, -0.2) is 25.5 Å². The van der Waals surface area contributed by atoms with Gasteiger partial charge in [-0.15, -0.1) is 0 Å². The zero-order valence-corrected chi connectivity index (χ0v) is 16.2. The highest BCUT2D eigenvalue weighted by Crippen LogP contribution is 2.28. The number of hydrogen-bond acceptors (Lipinski definition) is 3. The average Bonchev–Trinajstić information content (AvgIpc) is 2.57. The van der Waals surface area contributed by atoms with Crippen LogP contribution in [0.5, 0.6) is 5.75 Å². The first-order valence-electron chi connectivity index (χ1n) is 8.31. The fourth-order valence-electron chi connectivity index (χ4n) is 2.84. The molecule has 2 aromatic carbocycles. The number of methoxy groups -OCH3 is 1. The van der Waals surface area contributed by atoms with Crippen molar-refractivity contribution in [2.24, 2.45) is 0 Å². The zero-order chi connectivity index (χ0) is 19.3. The highest BCUT2D eigenvalue weighted by atomic mass is 35.5. The molecule has 6 heteroatoms. The van der Waals surface area contributed by atoms with Crippen molar-refractivity contribution in [2.75, 3.05) is 23.9 Å². The molecule has 0 atom stereocenters. The molecule has 0 aliphatic rings. The van der Waals surface area contributed by atoms with Gasteiger partial charge in [0.15, 0.2) is 0 Å². The fourth-order valence-corrected chi connectivity index (χ4v) is 3.10.